The van der Waals surface area contributed by atoms with Crippen molar-refractivity contribution in [3.63, 3.8) is 0 Å². The Kier molecular flexibility index (Phi) is 6.45. The maximum absolute atomic E-state index is 12.5. The number of likely N-dealkylation sites (tertiary alicyclic amines) is 2. The van der Waals surface area contributed by atoms with Crippen LogP contribution >= 0.6 is 0 Å². The minimum Gasteiger partial charge on any atom is -0.480 e. The van der Waals surface area contributed by atoms with Gasteiger partial charge in [-0.3, -0.25) is 4.79 Å². The van der Waals surface area contributed by atoms with Crippen molar-refractivity contribution in [2.45, 2.75) is 52.0 Å². The van der Waals surface area contributed by atoms with Crippen LogP contribution in [0, 0.1) is 11.8 Å². The summed E-state index contributed by atoms with van der Waals surface area (Å²) < 4.78 is 0. The molecule has 0 saturated carbocycles. The molecule has 0 spiro atoms. The minimum atomic E-state index is -1.00. The number of carbonyl (C=O) groups is 3. The zero-order valence-corrected chi connectivity index (χ0v) is 14.7. The molecule has 24 heavy (non-hydrogen) atoms. The lowest BCUT2D eigenvalue weighted by Gasteiger charge is -2.35. The van der Waals surface area contributed by atoms with Crippen LogP contribution in [0.5, 0.6) is 0 Å². The Morgan fingerprint density at radius 2 is 1.71 bits per heavy atom. The van der Waals surface area contributed by atoms with Gasteiger partial charge in [-0.25, -0.2) is 9.59 Å². The number of nitrogens with zero attached hydrogens (tertiary/aromatic N) is 2. The van der Waals surface area contributed by atoms with Gasteiger partial charge in [-0.1, -0.05) is 13.8 Å². The number of rotatable bonds is 5. The van der Waals surface area contributed by atoms with E-state index in [2.05, 4.69) is 5.32 Å². The van der Waals surface area contributed by atoms with Gasteiger partial charge in [0, 0.05) is 26.2 Å². The number of urea groups is 1. The smallest absolute Gasteiger partial charge is 0.326 e. The van der Waals surface area contributed by atoms with E-state index in [1.165, 1.54) is 0 Å². The second-order valence-corrected chi connectivity index (χ2v) is 7.29. The van der Waals surface area contributed by atoms with Crippen molar-refractivity contribution in [1.82, 2.24) is 15.1 Å². The first-order chi connectivity index (χ1) is 11.4. The van der Waals surface area contributed by atoms with Gasteiger partial charge in [0.15, 0.2) is 0 Å². The van der Waals surface area contributed by atoms with Crippen molar-refractivity contribution >= 4 is 17.9 Å². The third-order valence-electron chi connectivity index (χ3n) is 4.76. The van der Waals surface area contributed by atoms with Crippen LogP contribution in [0.15, 0.2) is 0 Å². The van der Waals surface area contributed by atoms with E-state index in [4.69, 9.17) is 0 Å². The summed E-state index contributed by atoms with van der Waals surface area (Å²) >= 11 is 0. The Hall–Kier alpha value is -1.79. The van der Waals surface area contributed by atoms with Crippen molar-refractivity contribution in [1.29, 1.82) is 0 Å². The van der Waals surface area contributed by atoms with E-state index in [1.807, 2.05) is 18.7 Å². The number of piperidine rings is 1. The van der Waals surface area contributed by atoms with E-state index in [1.54, 1.807) is 4.90 Å². The number of hydrogen-bond acceptors (Lipinski definition) is 3. The van der Waals surface area contributed by atoms with Gasteiger partial charge < -0.3 is 20.2 Å². The van der Waals surface area contributed by atoms with E-state index >= 15 is 0 Å². The van der Waals surface area contributed by atoms with Gasteiger partial charge >= 0.3 is 12.0 Å². The molecular formula is C17H29N3O4. The fourth-order valence-corrected chi connectivity index (χ4v) is 3.46. The molecule has 2 rings (SSSR count). The molecule has 2 saturated heterocycles. The summed E-state index contributed by atoms with van der Waals surface area (Å²) in [4.78, 5) is 39.8. The molecular weight excluding hydrogens is 310 g/mol. The topological polar surface area (TPSA) is 90.0 Å². The predicted octanol–water partition coefficient (Wildman–Crippen LogP) is 1.53. The Balaban J connectivity index is 1.91. The van der Waals surface area contributed by atoms with Gasteiger partial charge in [0.05, 0.1) is 5.92 Å². The number of carbonyl (C=O) groups excluding carboxylic acids is 2. The SMILES string of the molecule is CC(C)C[C@H](NC(=O)C1CCCN(C(=O)N2CCCC2)C1)C(=O)O. The quantitative estimate of drug-likeness (QED) is 0.795. The third kappa shape index (κ3) is 4.85. The maximum atomic E-state index is 12.5. The van der Waals surface area contributed by atoms with Crippen molar-refractivity contribution in [3.8, 4) is 0 Å². The number of nitrogens with one attached hydrogen (secondary N) is 1. The van der Waals surface area contributed by atoms with Gasteiger partial charge in [0.2, 0.25) is 5.91 Å². The highest BCUT2D eigenvalue weighted by Gasteiger charge is 2.33. The van der Waals surface area contributed by atoms with E-state index in [9.17, 15) is 19.5 Å². The van der Waals surface area contributed by atoms with Gasteiger partial charge in [-0.2, -0.15) is 0 Å². The van der Waals surface area contributed by atoms with Crippen molar-refractivity contribution in [3.05, 3.63) is 0 Å². The van der Waals surface area contributed by atoms with Crippen molar-refractivity contribution in [2.24, 2.45) is 11.8 Å². The molecule has 2 N–H and O–H groups in total. The van der Waals surface area contributed by atoms with E-state index in [0.717, 1.165) is 32.4 Å². The standard InChI is InChI=1S/C17H29N3O4/c1-12(2)10-14(16(22)23)18-15(21)13-6-5-9-20(11-13)17(24)19-7-3-4-8-19/h12-14H,3-11H2,1-2H3,(H,18,21)(H,22,23)/t13?,14-/m0/s1. The molecule has 3 amide bonds. The highest BCUT2D eigenvalue weighted by molar-refractivity contribution is 5.85. The molecule has 0 aromatic rings. The largest absolute Gasteiger partial charge is 0.480 e. The number of hydrogen-bond donors (Lipinski definition) is 2. The maximum Gasteiger partial charge on any atom is 0.326 e. The average molecular weight is 339 g/mol. The highest BCUT2D eigenvalue weighted by Crippen LogP contribution is 2.20. The molecule has 2 aliphatic rings. The van der Waals surface area contributed by atoms with Crippen LogP contribution in [0.4, 0.5) is 4.79 Å². The van der Waals surface area contributed by atoms with Crippen LogP contribution < -0.4 is 5.32 Å². The van der Waals surface area contributed by atoms with Crippen LogP contribution in [-0.4, -0.2) is 65.0 Å². The first-order valence-electron chi connectivity index (χ1n) is 8.95. The summed E-state index contributed by atoms with van der Waals surface area (Å²) in [7, 11) is 0. The zero-order chi connectivity index (χ0) is 17.7. The monoisotopic (exact) mass is 339 g/mol. The first kappa shape index (κ1) is 18.5. The van der Waals surface area contributed by atoms with Crippen LogP contribution in [0.3, 0.4) is 0 Å². The number of aliphatic carboxylic acids is 1. The highest BCUT2D eigenvalue weighted by atomic mass is 16.4. The van der Waals surface area contributed by atoms with Gasteiger partial charge in [0.1, 0.15) is 6.04 Å². The van der Waals surface area contributed by atoms with Gasteiger partial charge in [-0.15, -0.1) is 0 Å². The van der Waals surface area contributed by atoms with Crippen LogP contribution in [0.25, 0.3) is 0 Å². The molecule has 2 fully saturated rings. The molecule has 0 aromatic carbocycles. The Morgan fingerprint density at radius 1 is 1.08 bits per heavy atom. The third-order valence-corrected chi connectivity index (χ3v) is 4.76. The minimum absolute atomic E-state index is 0.0157. The summed E-state index contributed by atoms with van der Waals surface area (Å²) in [5.41, 5.74) is 0. The summed E-state index contributed by atoms with van der Waals surface area (Å²) in [6.07, 6.45) is 3.96. The normalized spacial score (nSPS) is 22.5. The molecule has 2 atom stereocenters. The summed E-state index contributed by atoms with van der Waals surface area (Å²) in [5.74, 6) is -1.38. The Bertz CT molecular complexity index is 474. The molecule has 1 unspecified atom stereocenters. The molecule has 0 aromatic heterocycles. The number of carboxylic acids is 1. The molecule has 0 radical (unpaired) electrons. The lowest BCUT2D eigenvalue weighted by molar-refractivity contribution is -0.143. The first-order valence-corrected chi connectivity index (χ1v) is 8.95. The summed E-state index contributed by atoms with van der Waals surface area (Å²) in [6, 6.07) is -0.843. The molecule has 0 bridgehead atoms. The second-order valence-electron chi connectivity index (χ2n) is 7.29. The summed E-state index contributed by atoms with van der Waals surface area (Å²) in [5, 5.41) is 11.9. The Morgan fingerprint density at radius 3 is 2.29 bits per heavy atom. The van der Waals surface area contributed by atoms with E-state index in [0.29, 0.717) is 25.9 Å². The summed E-state index contributed by atoms with van der Waals surface area (Å²) in [6.45, 7) is 6.50. The van der Waals surface area contributed by atoms with Crippen molar-refractivity contribution in [2.75, 3.05) is 26.2 Å². The van der Waals surface area contributed by atoms with Gasteiger partial charge in [-0.05, 0) is 38.0 Å². The van der Waals surface area contributed by atoms with Crippen LogP contribution in [0.1, 0.15) is 46.0 Å². The number of carboxylic acid groups (broad SMARTS) is 1. The molecule has 7 nitrogen and oxygen atoms in total. The molecule has 7 heteroatoms. The predicted molar refractivity (Wildman–Crippen MR) is 89.5 cm³/mol. The van der Waals surface area contributed by atoms with E-state index < -0.39 is 12.0 Å². The lowest BCUT2D eigenvalue weighted by atomic mass is 9.96. The molecule has 136 valence electrons. The number of amides is 3. The van der Waals surface area contributed by atoms with E-state index in [-0.39, 0.29) is 23.8 Å². The molecule has 2 aliphatic heterocycles. The Labute approximate surface area is 143 Å². The fraction of sp³-hybridized carbons (Fsp3) is 0.824. The van der Waals surface area contributed by atoms with Crippen LogP contribution in [0.2, 0.25) is 0 Å². The van der Waals surface area contributed by atoms with Crippen molar-refractivity contribution < 1.29 is 19.5 Å². The molecule has 2 heterocycles. The van der Waals surface area contributed by atoms with Gasteiger partial charge in [0.25, 0.3) is 0 Å². The molecule has 0 aliphatic carbocycles. The second kappa shape index (κ2) is 8.35. The fourth-order valence-electron chi connectivity index (χ4n) is 3.46. The zero-order valence-electron chi connectivity index (χ0n) is 14.7. The average Bonchev–Trinajstić information content (AvgIpc) is 3.07. The lowest BCUT2D eigenvalue weighted by Crippen LogP contribution is -2.51. The van der Waals surface area contributed by atoms with Crippen LogP contribution in [-0.2, 0) is 9.59 Å².